The quantitative estimate of drug-likeness (QED) is 0.292. The lowest BCUT2D eigenvalue weighted by atomic mass is 10.1. The molecule has 0 unspecified atom stereocenters. The van der Waals surface area contributed by atoms with Crippen molar-refractivity contribution in [1.29, 1.82) is 0 Å². The van der Waals surface area contributed by atoms with Crippen LogP contribution in [0.5, 0.6) is 0 Å². The molecule has 24 heavy (non-hydrogen) atoms. The van der Waals surface area contributed by atoms with Crippen molar-refractivity contribution in [3.05, 3.63) is 64.9 Å². The molecule has 0 N–H and O–H groups in total. The molecule has 4 aromatic rings. The zero-order chi connectivity index (χ0) is 16.5. The molecule has 0 aliphatic heterocycles. The first kappa shape index (κ1) is 15.8. The molecule has 0 aliphatic carbocycles. The standard InChI is InChI=1S/C21H22NS2/c1-3-22-20-8-6-16(10-13-24-11-4-5-12-24)14-18(20)19-15-17(23-2)7-9-21(19)22/h4-9,11-12,14-15H,3,10,13H2,1-2H3/q+1. The van der Waals surface area contributed by atoms with Gasteiger partial charge in [0, 0.05) is 39.7 Å². The summed E-state index contributed by atoms with van der Waals surface area (Å²) in [6.45, 7) is 3.24. The number of thiophene rings is 1. The Morgan fingerprint density at radius 1 is 0.958 bits per heavy atom. The van der Waals surface area contributed by atoms with Crippen LogP contribution in [-0.4, -0.2) is 10.8 Å². The fourth-order valence-electron chi connectivity index (χ4n) is 3.46. The van der Waals surface area contributed by atoms with Gasteiger partial charge in [0.05, 0.1) is 0 Å². The van der Waals surface area contributed by atoms with E-state index in [4.69, 9.17) is 0 Å². The number of rotatable bonds is 5. The molecule has 0 radical (unpaired) electrons. The summed E-state index contributed by atoms with van der Waals surface area (Å²) in [5.74, 6) is 1.22. The Bertz CT molecular complexity index is 980. The van der Waals surface area contributed by atoms with Gasteiger partial charge in [-0.1, -0.05) is 6.07 Å². The molecule has 4 rings (SSSR count). The maximum Gasteiger partial charge on any atom is 0.137 e. The van der Waals surface area contributed by atoms with E-state index in [1.807, 2.05) is 11.8 Å². The van der Waals surface area contributed by atoms with Gasteiger partial charge in [0.25, 0.3) is 0 Å². The third kappa shape index (κ3) is 2.76. The summed E-state index contributed by atoms with van der Waals surface area (Å²) >= 11 is 1.82. The van der Waals surface area contributed by atoms with Crippen LogP contribution in [0.3, 0.4) is 0 Å². The predicted molar refractivity (Wildman–Crippen MR) is 110 cm³/mol. The molecule has 0 amide bonds. The number of thioether (sulfide) groups is 1. The molecule has 0 aliphatic rings. The molecule has 0 saturated carbocycles. The minimum Gasteiger partial charge on any atom is -0.341 e. The number of hydrogen-bond donors (Lipinski definition) is 0. The third-order valence-corrected chi connectivity index (χ3v) is 7.11. The number of aromatic nitrogens is 1. The van der Waals surface area contributed by atoms with Gasteiger partial charge in [-0.05, 0) is 71.7 Å². The Hall–Kier alpha value is -1.71. The van der Waals surface area contributed by atoms with E-state index >= 15 is 0 Å². The second kappa shape index (κ2) is 6.66. The molecule has 0 saturated heterocycles. The zero-order valence-electron chi connectivity index (χ0n) is 14.2. The van der Waals surface area contributed by atoms with Crippen molar-refractivity contribution in [3.8, 4) is 0 Å². The lowest BCUT2D eigenvalue weighted by molar-refractivity contribution is 0.826. The summed E-state index contributed by atoms with van der Waals surface area (Å²) in [4.78, 5) is 1.34. The second-order valence-corrected chi connectivity index (χ2v) is 8.83. The zero-order valence-corrected chi connectivity index (χ0v) is 15.8. The summed E-state index contributed by atoms with van der Waals surface area (Å²) in [6, 6.07) is 18.3. The van der Waals surface area contributed by atoms with Gasteiger partial charge in [0.1, 0.15) is 16.5 Å². The highest BCUT2D eigenvalue weighted by Gasteiger charge is 2.11. The highest BCUT2D eigenvalue weighted by atomic mass is 32.2. The Kier molecular flexibility index (Phi) is 4.38. The van der Waals surface area contributed by atoms with E-state index in [9.17, 15) is 0 Å². The molecule has 0 bridgehead atoms. The summed E-state index contributed by atoms with van der Waals surface area (Å²) in [5, 5.41) is 7.45. The second-order valence-electron chi connectivity index (χ2n) is 6.06. The van der Waals surface area contributed by atoms with Crippen LogP contribution >= 0.6 is 22.2 Å². The number of hydrogen-bond acceptors (Lipinski definition) is 1. The Morgan fingerprint density at radius 3 is 2.38 bits per heavy atom. The molecule has 3 heteroatoms. The van der Waals surface area contributed by atoms with Crippen LogP contribution in [0.25, 0.3) is 21.8 Å². The lowest BCUT2D eigenvalue weighted by Crippen LogP contribution is -1.93. The molecule has 1 nitrogen and oxygen atoms in total. The van der Waals surface area contributed by atoms with E-state index in [0.717, 1.165) is 13.0 Å². The monoisotopic (exact) mass is 352 g/mol. The summed E-state index contributed by atoms with van der Waals surface area (Å²) in [7, 11) is 0.340. The predicted octanol–water partition coefficient (Wildman–Crippen LogP) is 6.53. The summed E-state index contributed by atoms with van der Waals surface area (Å²) in [6.07, 6.45) is 3.30. The van der Waals surface area contributed by atoms with Gasteiger partial charge in [-0.15, -0.1) is 11.8 Å². The van der Waals surface area contributed by atoms with Crippen LogP contribution in [0.15, 0.2) is 64.2 Å². The fraction of sp³-hybridized carbons (Fsp3) is 0.238. The Morgan fingerprint density at radius 2 is 1.67 bits per heavy atom. The van der Waals surface area contributed by atoms with Crippen molar-refractivity contribution < 1.29 is 0 Å². The molecular formula is C21H22NS2+. The first-order chi connectivity index (χ1) is 11.8. The average Bonchev–Trinajstić information content (AvgIpc) is 3.24. The topological polar surface area (TPSA) is 4.93 Å². The van der Waals surface area contributed by atoms with Gasteiger partial charge in [-0.2, -0.15) is 0 Å². The smallest absolute Gasteiger partial charge is 0.137 e. The van der Waals surface area contributed by atoms with Gasteiger partial charge >= 0.3 is 0 Å². The highest BCUT2D eigenvalue weighted by molar-refractivity contribution is 7.98. The maximum atomic E-state index is 2.43. The van der Waals surface area contributed by atoms with E-state index in [1.54, 1.807) is 0 Å². The van der Waals surface area contributed by atoms with E-state index in [2.05, 4.69) is 77.0 Å². The maximum absolute atomic E-state index is 2.43. The van der Waals surface area contributed by atoms with Crippen molar-refractivity contribution in [2.45, 2.75) is 30.5 Å². The SMILES string of the molecule is CCn1c2ccc(CC[s+]3cccc3)cc2c2cc(SC)ccc21. The van der Waals surface area contributed by atoms with Crippen molar-refractivity contribution in [2.24, 2.45) is 0 Å². The molecular weight excluding hydrogens is 330 g/mol. The van der Waals surface area contributed by atoms with E-state index < -0.39 is 0 Å². The minimum absolute atomic E-state index is 0.340. The van der Waals surface area contributed by atoms with Crippen LogP contribution in [0.1, 0.15) is 12.5 Å². The average molecular weight is 353 g/mol. The number of fused-ring (bicyclic) bond motifs is 3. The first-order valence-corrected chi connectivity index (χ1v) is 11.2. The van der Waals surface area contributed by atoms with E-state index in [1.165, 1.54) is 38.0 Å². The molecule has 2 heterocycles. The molecule has 2 aromatic carbocycles. The largest absolute Gasteiger partial charge is 0.341 e. The van der Waals surface area contributed by atoms with Crippen molar-refractivity contribution in [2.75, 3.05) is 6.26 Å². The van der Waals surface area contributed by atoms with Crippen LogP contribution < -0.4 is 0 Å². The molecule has 0 fully saturated rings. The Balaban J connectivity index is 1.80. The van der Waals surface area contributed by atoms with Gasteiger partial charge in [0.15, 0.2) is 0 Å². The van der Waals surface area contributed by atoms with Gasteiger partial charge in [-0.3, -0.25) is 0 Å². The van der Waals surface area contributed by atoms with Gasteiger partial charge in [-0.25, -0.2) is 0 Å². The fourth-order valence-corrected chi connectivity index (χ4v) is 5.32. The molecule has 0 spiro atoms. The highest BCUT2D eigenvalue weighted by Crippen LogP contribution is 2.33. The first-order valence-electron chi connectivity index (χ1n) is 8.42. The number of nitrogens with zero attached hydrogens (tertiary/aromatic N) is 1. The normalized spacial score (nSPS) is 11.6. The third-order valence-electron chi connectivity index (χ3n) is 4.70. The van der Waals surface area contributed by atoms with Crippen LogP contribution in [0, 0.1) is 0 Å². The minimum atomic E-state index is 0.340. The van der Waals surface area contributed by atoms with Gasteiger partial charge < -0.3 is 4.57 Å². The molecule has 0 atom stereocenters. The molecule has 2 aromatic heterocycles. The van der Waals surface area contributed by atoms with E-state index in [-0.39, 0.29) is 0 Å². The van der Waals surface area contributed by atoms with E-state index in [0.29, 0.717) is 10.5 Å². The van der Waals surface area contributed by atoms with Crippen molar-refractivity contribution in [1.82, 2.24) is 4.57 Å². The van der Waals surface area contributed by atoms with Gasteiger partial charge in [0.2, 0.25) is 0 Å². The van der Waals surface area contributed by atoms with Crippen LogP contribution in [-0.2, 0) is 18.7 Å². The summed E-state index contributed by atoms with van der Waals surface area (Å²) < 4.78 is 2.43. The molecule has 122 valence electrons. The lowest BCUT2D eigenvalue weighted by Gasteiger charge is -2.03. The van der Waals surface area contributed by atoms with Crippen molar-refractivity contribution in [3.63, 3.8) is 0 Å². The van der Waals surface area contributed by atoms with Crippen LogP contribution in [0.4, 0.5) is 0 Å². The number of aryl methyl sites for hydroxylation is 3. The van der Waals surface area contributed by atoms with Crippen molar-refractivity contribution >= 4 is 44.0 Å². The number of benzene rings is 2. The Labute approximate surface area is 150 Å². The van der Waals surface area contributed by atoms with Crippen LogP contribution in [0.2, 0.25) is 0 Å². The summed E-state index contributed by atoms with van der Waals surface area (Å²) in [5.41, 5.74) is 4.16.